The van der Waals surface area contributed by atoms with E-state index in [2.05, 4.69) is 10.3 Å². The van der Waals surface area contributed by atoms with Gasteiger partial charge in [-0.1, -0.05) is 40.9 Å². The van der Waals surface area contributed by atoms with Gasteiger partial charge in [-0.2, -0.15) is 0 Å². The maximum atomic E-state index is 12.5. The van der Waals surface area contributed by atoms with Gasteiger partial charge in [0.2, 0.25) is 11.8 Å². The first-order valence-electron chi connectivity index (χ1n) is 8.56. The van der Waals surface area contributed by atoms with E-state index in [0.29, 0.717) is 46.8 Å². The van der Waals surface area contributed by atoms with Crippen LogP contribution in [0.15, 0.2) is 36.5 Å². The normalized spacial score (nSPS) is 14.9. The number of carbonyl (C=O) groups excluding carboxylic acids is 2. The highest BCUT2D eigenvalue weighted by molar-refractivity contribution is 6.42. The SMILES string of the molecule is O=C(Nc1ccc(Cl)cn1)C1CCN(C(=O)Cc2ccc(Cl)c(Cl)c2)CC1. The van der Waals surface area contributed by atoms with Crippen LogP contribution < -0.4 is 5.32 Å². The number of hydrogen-bond donors (Lipinski definition) is 1. The number of amides is 2. The lowest BCUT2D eigenvalue weighted by Crippen LogP contribution is -2.42. The van der Waals surface area contributed by atoms with E-state index in [0.717, 1.165) is 5.56 Å². The van der Waals surface area contributed by atoms with Crippen LogP contribution in [0.2, 0.25) is 15.1 Å². The molecule has 0 saturated carbocycles. The fraction of sp³-hybridized carbons (Fsp3) is 0.316. The molecule has 2 heterocycles. The lowest BCUT2D eigenvalue weighted by molar-refractivity contribution is -0.133. The fourth-order valence-electron chi connectivity index (χ4n) is 3.01. The van der Waals surface area contributed by atoms with Crippen LogP contribution in [-0.2, 0) is 16.0 Å². The van der Waals surface area contributed by atoms with Crippen molar-refractivity contribution in [2.45, 2.75) is 19.3 Å². The minimum Gasteiger partial charge on any atom is -0.342 e. The maximum Gasteiger partial charge on any atom is 0.228 e. The molecule has 1 N–H and O–H groups in total. The summed E-state index contributed by atoms with van der Waals surface area (Å²) in [7, 11) is 0. The molecular formula is C19H18Cl3N3O2. The Morgan fingerprint density at radius 3 is 2.44 bits per heavy atom. The number of halogens is 3. The van der Waals surface area contributed by atoms with Gasteiger partial charge >= 0.3 is 0 Å². The number of piperidine rings is 1. The summed E-state index contributed by atoms with van der Waals surface area (Å²) in [5, 5.41) is 4.22. The lowest BCUT2D eigenvalue weighted by Gasteiger charge is -2.31. The Hall–Kier alpha value is -1.82. The molecule has 0 atom stereocenters. The number of likely N-dealkylation sites (tertiary alicyclic amines) is 1. The third-order valence-corrected chi connectivity index (χ3v) is 5.50. The molecule has 1 aliphatic heterocycles. The second-order valence-corrected chi connectivity index (χ2v) is 7.68. The van der Waals surface area contributed by atoms with Crippen LogP contribution in [0, 0.1) is 5.92 Å². The fourth-order valence-corrected chi connectivity index (χ4v) is 3.44. The van der Waals surface area contributed by atoms with Gasteiger partial charge in [-0.3, -0.25) is 9.59 Å². The zero-order valence-electron chi connectivity index (χ0n) is 14.4. The minimum absolute atomic E-state index is 0.0200. The third kappa shape index (κ3) is 5.34. The summed E-state index contributed by atoms with van der Waals surface area (Å²) < 4.78 is 0. The van der Waals surface area contributed by atoms with Crippen molar-refractivity contribution in [1.29, 1.82) is 0 Å². The number of hydrogen-bond acceptors (Lipinski definition) is 3. The van der Waals surface area contributed by atoms with Crippen molar-refractivity contribution in [2.24, 2.45) is 5.92 Å². The summed E-state index contributed by atoms with van der Waals surface area (Å²) in [6.45, 7) is 1.10. The summed E-state index contributed by atoms with van der Waals surface area (Å²) in [4.78, 5) is 30.7. The minimum atomic E-state index is -0.142. The predicted molar refractivity (Wildman–Crippen MR) is 107 cm³/mol. The van der Waals surface area contributed by atoms with Gasteiger partial charge < -0.3 is 10.2 Å². The van der Waals surface area contributed by atoms with Gasteiger partial charge in [0.25, 0.3) is 0 Å². The molecule has 0 bridgehead atoms. The molecule has 27 heavy (non-hydrogen) atoms. The van der Waals surface area contributed by atoms with Crippen molar-refractivity contribution in [3.05, 3.63) is 57.2 Å². The molecule has 0 spiro atoms. The molecule has 1 saturated heterocycles. The van der Waals surface area contributed by atoms with E-state index in [1.54, 1.807) is 35.2 Å². The molecule has 1 aliphatic rings. The molecule has 8 heteroatoms. The van der Waals surface area contributed by atoms with E-state index in [9.17, 15) is 9.59 Å². The Morgan fingerprint density at radius 2 is 1.81 bits per heavy atom. The second-order valence-electron chi connectivity index (χ2n) is 6.43. The standard InChI is InChI=1S/C19H18Cl3N3O2/c20-14-2-4-17(23-11-14)24-19(27)13-5-7-25(8-6-13)18(26)10-12-1-3-15(21)16(22)9-12/h1-4,9,11,13H,5-8,10H2,(H,23,24,27). The molecule has 1 aromatic heterocycles. The Labute approximate surface area is 172 Å². The van der Waals surface area contributed by atoms with Crippen LogP contribution in [0.5, 0.6) is 0 Å². The highest BCUT2D eigenvalue weighted by Crippen LogP contribution is 2.24. The molecule has 0 aliphatic carbocycles. The largest absolute Gasteiger partial charge is 0.342 e. The zero-order valence-corrected chi connectivity index (χ0v) is 16.7. The van der Waals surface area contributed by atoms with Gasteiger partial charge in [0.1, 0.15) is 5.82 Å². The van der Waals surface area contributed by atoms with E-state index in [4.69, 9.17) is 34.8 Å². The van der Waals surface area contributed by atoms with Gasteiger partial charge in [0, 0.05) is 25.2 Å². The quantitative estimate of drug-likeness (QED) is 0.785. The van der Waals surface area contributed by atoms with Crippen molar-refractivity contribution in [3.8, 4) is 0 Å². The summed E-state index contributed by atoms with van der Waals surface area (Å²) in [5.41, 5.74) is 0.822. The van der Waals surface area contributed by atoms with Gasteiger partial charge in [0.15, 0.2) is 0 Å². The maximum absolute atomic E-state index is 12.5. The van der Waals surface area contributed by atoms with Gasteiger partial charge in [-0.15, -0.1) is 0 Å². The zero-order chi connectivity index (χ0) is 19.4. The highest BCUT2D eigenvalue weighted by atomic mass is 35.5. The number of benzene rings is 1. The summed E-state index contributed by atoms with van der Waals surface area (Å²) in [6.07, 6.45) is 2.99. The molecular weight excluding hydrogens is 409 g/mol. The molecule has 3 rings (SSSR count). The van der Waals surface area contributed by atoms with Crippen LogP contribution in [0.4, 0.5) is 5.82 Å². The average molecular weight is 427 g/mol. The first-order chi connectivity index (χ1) is 12.9. The molecule has 2 aromatic rings. The Kier molecular flexibility index (Phi) is 6.58. The van der Waals surface area contributed by atoms with E-state index >= 15 is 0 Å². The number of rotatable bonds is 4. The Bertz CT molecular complexity index is 835. The number of nitrogens with zero attached hydrogens (tertiary/aromatic N) is 2. The number of aromatic nitrogens is 1. The smallest absolute Gasteiger partial charge is 0.228 e. The number of pyridine rings is 1. The van der Waals surface area contributed by atoms with Crippen molar-refractivity contribution in [1.82, 2.24) is 9.88 Å². The summed E-state index contributed by atoms with van der Waals surface area (Å²) >= 11 is 17.7. The lowest BCUT2D eigenvalue weighted by atomic mass is 9.95. The third-order valence-electron chi connectivity index (χ3n) is 4.54. The first-order valence-corrected chi connectivity index (χ1v) is 9.70. The van der Waals surface area contributed by atoms with Gasteiger partial charge in [-0.05, 0) is 42.7 Å². The molecule has 1 aromatic carbocycles. The molecule has 0 radical (unpaired) electrons. The van der Waals surface area contributed by atoms with E-state index in [-0.39, 0.29) is 24.2 Å². The van der Waals surface area contributed by atoms with Crippen molar-refractivity contribution >= 4 is 52.4 Å². The molecule has 0 unspecified atom stereocenters. The average Bonchev–Trinajstić information content (AvgIpc) is 2.66. The van der Waals surface area contributed by atoms with Crippen LogP contribution in [0.1, 0.15) is 18.4 Å². The van der Waals surface area contributed by atoms with Crippen LogP contribution in [0.25, 0.3) is 0 Å². The van der Waals surface area contributed by atoms with Crippen molar-refractivity contribution < 1.29 is 9.59 Å². The summed E-state index contributed by atoms with van der Waals surface area (Å²) in [5.74, 6) is 0.270. The Morgan fingerprint density at radius 1 is 1.07 bits per heavy atom. The molecule has 5 nitrogen and oxygen atoms in total. The monoisotopic (exact) mass is 425 g/mol. The number of carbonyl (C=O) groups is 2. The van der Waals surface area contributed by atoms with Crippen molar-refractivity contribution in [3.63, 3.8) is 0 Å². The predicted octanol–water partition coefficient (Wildman–Crippen LogP) is 4.46. The van der Waals surface area contributed by atoms with E-state index < -0.39 is 0 Å². The second kappa shape index (κ2) is 8.91. The molecule has 2 amide bonds. The number of nitrogens with one attached hydrogen (secondary N) is 1. The Balaban J connectivity index is 1.50. The first kappa shape index (κ1) is 19.9. The van der Waals surface area contributed by atoms with E-state index in [1.807, 2.05) is 0 Å². The molecule has 142 valence electrons. The topological polar surface area (TPSA) is 62.3 Å². The van der Waals surface area contributed by atoms with Crippen LogP contribution >= 0.6 is 34.8 Å². The van der Waals surface area contributed by atoms with E-state index in [1.165, 1.54) is 6.20 Å². The summed E-state index contributed by atoms with van der Waals surface area (Å²) in [6, 6.07) is 8.53. The van der Waals surface area contributed by atoms with Gasteiger partial charge in [-0.25, -0.2) is 4.98 Å². The van der Waals surface area contributed by atoms with Crippen LogP contribution in [-0.4, -0.2) is 34.8 Å². The van der Waals surface area contributed by atoms with Crippen molar-refractivity contribution in [2.75, 3.05) is 18.4 Å². The van der Waals surface area contributed by atoms with Crippen LogP contribution in [0.3, 0.4) is 0 Å². The van der Waals surface area contributed by atoms with Gasteiger partial charge in [0.05, 0.1) is 21.5 Å². The highest BCUT2D eigenvalue weighted by Gasteiger charge is 2.27. The number of anilines is 1. The molecule has 1 fully saturated rings.